The van der Waals surface area contributed by atoms with Crippen LogP contribution in [0.2, 0.25) is 0 Å². The van der Waals surface area contributed by atoms with Gasteiger partial charge in [0.05, 0.1) is 55.3 Å². The van der Waals surface area contributed by atoms with Gasteiger partial charge in [0.2, 0.25) is 17.7 Å². The first kappa shape index (κ1) is 36.1. The zero-order valence-electron chi connectivity index (χ0n) is 29.6. The Morgan fingerprint density at radius 1 is 1.09 bits per heavy atom. The lowest BCUT2D eigenvalue weighted by molar-refractivity contribution is -0.210. The van der Waals surface area contributed by atoms with Gasteiger partial charge in [-0.15, -0.1) is 0 Å². The second kappa shape index (κ2) is 15.0. The first-order chi connectivity index (χ1) is 25.6. The summed E-state index contributed by atoms with van der Waals surface area (Å²) in [6.07, 6.45) is 7.84. The summed E-state index contributed by atoms with van der Waals surface area (Å²) in [6.45, 7) is 3.56. The molecular formula is C38H43N7O8. The molecule has 15 heteroatoms. The van der Waals surface area contributed by atoms with Crippen LogP contribution in [0.3, 0.4) is 0 Å². The molecule has 5 aliphatic rings. The zero-order valence-corrected chi connectivity index (χ0v) is 29.6. The predicted octanol–water partition coefficient (Wildman–Crippen LogP) is 1.56. The number of nitrogens with zero attached hydrogens (tertiary/aromatic N) is 5. The summed E-state index contributed by atoms with van der Waals surface area (Å²) in [6, 6.07) is 7.50. The maximum Gasteiger partial charge on any atom is 0.253 e. The average molecular weight is 726 g/mol. The highest BCUT2D eigenvalue weighted by atomic mass is 16.7. The maximum absolute atomic E-state index is 13.8. The van der Waals surface area contributed by atoms with E-state index in [1.54, 1.807) is 22.1 Å². The molecule has 1 aromatic heterocycles. The van der Waals surface area contributed by atoms with Crippen LogP contribution >= 0.6 is 0 Å². The fraction of sp³-hybridized carbons (Fsp3) is 0.447. The Hall–Kier alpha value is -5.25. The number of carbonyl (C=O) groups excluding carboxylic acids is 5. The molecule has 2 aromatic rings. The van der Waals surface area contributed by atoms with Gasteiger partial charge in [-0.1, -0.05) is 19.1 Å². The van der Waals surface area contributed by atoms with Crippen molar-refractivity contribution >= 4 is 52.8 Å². The summed E-state index contributed by atoms with van der Waals surface area (Å²) in [5, 5.41) is 12.5. The first-order valence-electron chi connectivity index (χ1n) is 18.0. The smallest absolute Gasteiger partial charge is 0.253 e. The number of aromatic nitrogens is 1. The number of rotatable bonds is 11. The van der Waals surface area contributed by atoms with E-state index in [4.69, 9.17) is 15.2 Å². The van der Waals surface area contributed by atoms with Crippen LogP contribution < -0.4 is 11.1 Å². The molecule has 0 spiro atoms. The number of anilines is 1. The third-order valence-corrected chi connectivity index (χ3v) is 10.3. The molecule has 4 aliphatic heterocycles. The van der Waals surface area contributed by atoms with Crippen LogP contribution in [0.1, 0.15) is 55.0 Å². The van der Waals surface area contributed by atoms with Gasteiger partial charge in [-0.25, -0.2) is 4.99 Å². The van der Waals surface area contributed by atoms with Gasteiger partial charge >= 0.3 is 0 Å². The minimum absolute atomic E-state index is 0.0373. The molecule has 1 aliphatic carbocycles. The van der Waals surface area contributed by atoms with E-state index in [2.05, 4.69) is 15.3 Å². The fourth-order valence-corrected chi connectivity index (χ4v) is 7.25. The topological polar surface area (TPSA) is 197 Å². The van der Waals surface area contributed by atoms with Crippen molar-refractivity contribution in [3.05, 3.63) is 70.6 Å². The highest BCUT2D eigenvalue weighted by Gasteiger charge is 2.51. The summed E-state index contributed by atoms with van der Waals surface area (Å²) < 4.78 is 11.4. The molecule has 0 atom stereocenters. The van der Waals surface area contributed by atoms with E-state index in [0.717, 1.165) is 33.7 Å². The van der Waals surface area contributed by atoms with Gasteiger partial charge in [-0.2, -0.15) is 0 Å². The lowest BCUT2D eigenvalue weighted by Gasteiger charge is -2.35. The molecule has 15 nitrogen and oxygen atoms in total. The number of amidine groups is 1. The lowest BCUT2D eigenvalue weighted by atomic mass is 9.92. The van der Waals surface area contributed by atoms with E-state index < -0.39 is 29.4 Å². The standard InChI is InChI=1S/C38H43N7O8/c1-2-10-43(12-13-46)35(49)24-14-23-3-4-27(17-30(23)42-31(39)16-24)38(8-9-38)37(51)41-28-15-25-19-44(11-7-29(25)40-18-28)36(50)26-21-52-34(53-22-26)20-45-32(47)5-6-33(45)48/h3-6,14-15,17-18,26,34,46H,2,7-13,16,19-22H2,1H3,(H2,39,42)(H,41,51). The van der Waals surface area contributed by atoms with E-state index in [1.165, 1.54) is 12.2 Å². The van der Waals surface area contributed by atoms with Crippen molar-refractivity contribution in [2.45, 2.75) is 57.3 Å². The highest BCUT2D eigenvalue weighted by Crippen LogP contribution is 2.50. The van der Waals surface area contributed by atoms with Gasteiger partial charge in [-0.3, -0.25) is 33.9 Å². The number of nitrogens with two attached hydrogens (primary N) is 1. The van der Waals surface area contributed by atoms with E-state index >= 15 is 0 Å². The first-order valence-corrected chi connectivity index (χ1v) is 18.0. The number of hydrogen-bond donors (Lipinski definition) is 3. The minimum atomic E-state index is -0.796. The largest absolute Gasteiger partial charge is 0.395 e. The Balaban J connectivity index is 0.989. The summed E-state index contributed by atoms with van der Waals surface area (Å²) in [5.41, 5.74) is 10.4. The summed E-state index contributed by atoms with van der Waals surface area (Å²) in [7, 11) is 0. The lowest BCUT2D eigenvalue weighted by Crippen LogP contribution is -2.48. The Bertz CT molecular complexity index is 1900. The zero-order chi connectivity index (χ0) is 37.3. The maximum atomic E-state index is 13.8. The van der Waals surface area contributed by atoms with Crippen LogP contribution in [0.25, 0.3) is 6.08 Å². The van der Waals surface area contributed by atoms with Crippen molar-refractivity contribution in [1.82, 2.24) is 19.7 Å². The highest BCUT2D eigenvalue weighted by molar-refractivity contribution is 6.13. The molecule has 4 N–H and O–H groups in total. The molecule has 1 aromatic carbocycles. The Kier molecular flexibility index (Phi) is 10.2. The van der Waals surface area contributed by atoms with E-state index in [1.807, 2.05) is 31.2 Å². The molecule has 5 heterocycles. The molecule has 7 rings (SSSR count). The summed E-state index contributed by atoms with van der Waals surface area (Å²) in [4.78, 5) is 77.9. The minimum Gasteiger partial charge on any atom is -0.395 e. The second-order valence-corrected chi connectivity index (χ2v) is 14.0. The van der Waals surface area contributed by atoms with E-state index in [0.29, 0.717) is 61.7 Å². The number of pyridine rings is 1. The van der Waals surface area contributed by atoms with Gasteiger partial charge < -0.3 is 35.4 Å². The van der Waals surface area contributed by atoms with Crippen LogP contribution in [-0.2, 0) is 51.8 Å². The number of hydrogen-bond acceptors (Lipinski definition) is 11. The number of carbonyl (C=O) groups is 5. The SMILES string of the molecule is CCCN(CCO)C(=O)C1=Cc2ccc(C3(C(=O)Nc4cnc5c(c4)CN(C(=O)C4COC(CN6C(=O)C=CC6=O)OC4)CC5)CC3)cc2N=C(N)C1. The second-order valence-electron chi connectivity index (χ2n) is 14.0. The van der Waals surface area contributed by atoms with Gasteiger partial charge in [0.1, 0.15) is 5.84 Å². The van der Waals surface area contributed by atoms with Crippen LogP contribution in [0, 0.1) is 5.92 Å². The average Bonchev–Trinajstić information content (AvgIpc) is 3.94. The van der Waals surface area contributed by atoms with Gasteiger partial charge in [0.25, 0.3) is 11.8 Å². The molecular weight excluding hydrogens is 682 g/mol. The molecule has 1 saturated heterocycles. The van der Waals surface area contributed by atoms with E-state index in [9.17, 15) is 29.1 Å². The molecule has 2 fully saturated rings. The van der Waals surface area contributed by atoms with Crippen molar-refractivity contribution < 1.29 is 38.6 Å². The number of benzene rings is 1. The normalized spacial score (nSPS) is 21.6. The number of nitrogens with one attached hydrogen (secondary N) is 1. The monoisotopic (exact) mass is 725 g/mol. The van der Waals surface area contributed by atoms with Gasteiger partial charge in [-0.05, 0) is 48.6 Å². The number of amides is 5. The van der Waals surface area contributed by atoms with Crippen molar-refractivity contribution in [3.8, 4) is 0 Å². The Morgan fingerprint density at radius 3 is 2.55 bits per heavy atom. The molecule has 1 saturated carbocycles. The van der Waals surface area contributed by atoms with E-state index in [-0.39, 0.29) is 57.1 Å². The van der Waals surface area contributed by atoms with Gasteiger partial charge in [0.15, 0.2) is 6.29 Å². The van der Waals surface area contributed by atoms with Crippen LogP contribution in [-0.4, -0.2) is 112 Å². The molecule has 278 valence electrons. The Morgan fingerprint density at radius 2 is 1.85 bits per heavy atom. The van der Waals surface area contributed by atoms with Crippen molar-refractivity contribution in [1.29, 1.82) is 0 Å². The van der Waals surface area contributed by atoms with Crippen LogP contribution in [0.5, 0.6) is 0 Å². The molecule has 53 heavy (non-hydrogen) atoms. The van der Waals surface area contributed by atoms with Gasteiger partial charge in [0, 0.05) is 68.0 Å². The predicted molar refractivity (Wildman–Crippen MR) is 192 cm³/mol. The number of fused-ring (bicyclic) bond motifs is 2. The molecule has 0 unspecified atom stereocenters. The van der Waals surface area contributed by atoms with Crippen molar-refractivity contribution in [2.24, 2.45) is 16.6 Å². The number of ether oxygens (including phenoxy) is 2. The number of imide groups is 1. The van der Waals surface area contributed by atoms with Crippen LogP contribution in [0.4, 0.5) is 11.4 Å². The third-order valence-electron chi connectivity index (χ3n) is 10.3. The number of aliphatic hydroxyl groups is 1. The quantitative estimate of drug-likeness (QED) is 0.286. The third kappa shape index (κ3) is 7.50. The summed E-state index contributed by atoms with van der Waals surface area (Å²) in [5.74, 6) is -1.57. The molecule has 0 radical (unpaired) electrons. The molecule has 0 bridgehead atoms. The number of aliphatic hydroxyl groups excluding tert-OH is 1. The molecule has 5 amide bonds. The summed E-state index contributed by atoms with van der Waals surface area (Å²) >= 11 is 0. The van der Waals surface area contributed by atoms with Crippen molar-refractivity contribution in [3.63, 3.8) is 0 Å². The van der Waals surface area contributed by atoms with Crippen molar-refractivity contribution in [2.75, 3.05) is 51.3 Å². The van der Waals surface area contributed by atoms with Crippen LogP contribution in [0.15, 0.2) is 53.2 Å². The number of aliphatic imine (C=N–C) groups is 1. The fourth-order valence-electron chi connectivity index (χ4n) is 7.25. The Labute approximate surface area is 306 Å².